The van der Waals surface area contributed by atoms with E-state index in [4.69, 9.17) is 0 Å². The van der Waals surface area contributed by atoms with Crippen molar-refractivity contribution in [3.63, 3.8) is 0 Å². The van der Waals surface area contributed by atoms with Crippen LogP contribution in [0.5, 0.6) is 0 Å². The highest BCUT2D eigenvalue weighted by Gasteiger charge is 2.32. The van der Waals surface area contributed by atoms with E-state index in [-0.39, 0.29) is 0 Å². The van der Waals surface area contributed by atoms with Gasteiger partial charge in [-0.3, -0.25) is 0 Å². The Morgan fingerprint density at radius 1 is 1.35 bits per heavy atom. The first-order valence-corrected chi connectivity index (χ1v) is 7.68. The average molecular weight is 251 g/mol. The minimum absolute atomic E-state index is 0.831. The van der Waals surface area contributed by atoms with Crippen molar-refractivity contribution in [2.75, 3.05) is 6.54 Å². The van der Waals surface area contributed by atoms with Gasteiger partial charge in [-0.05, 0) is 44.6 Å². The molecular weight excluding hydrogens is 230 g/mol. The Bertz CT molecular complexity index is 326. The second kappa shape index (κ2) is 5.46. The number of rotatable bonds is 5. The maximum absolute atomic E-state index is 4.28. The molecule has 3 nitrogen and oxygen atoms in total. The normalized spacial score (nSPS) is 31.9. The summed E-state index contributed by atoms with van der Waals surface area (Å²) in [5.41, 5.74) is 3.09. The predicted molar refractivity (Wildman–Crippen MR) is 71.1 cm³/mol. The topological polar surface area (TPSA) is 37.0 Å². The number of fused-ring (bicyclic) bond motifs is 2. The second-order valence-electron chi connectivity index (χ2n) is 5.42. The summed E-state index contributed by atoms with van der Waals surface area (Å²) >= 11 is 1.68. The third-order valence-electron chi connectivity index (χ3n) is 4.09. The lowest BCUT2D eigenvalue weighted by molar-refractivity contribution is 0.283. The van der Waals surface area contributed by atoms with E-state index < -0.39 is 0 Å². The van der Waals surface area contributed by atoms with Crippen molar-refractivity contribution in [2.24, 2.45) is 5.92 Å². The molecule has 2 atom stereocenters. The molecule has 2 unspecified atom stereocenters. The van der Waals surface area contributed by atoms with E-state index in [0.717, 1.165) is 31.1 Å². The zero-order valence-electron chi connectivity index (χ0n) is 10.2. The van der Waals surface area contributed by atoms with Crippen LogP contribution in [0.1, 0.15) is 37.8 Å². The summed E-state index contributed by atoms with van der Waals surface area (Å²) in [7, 11) is 0. The molecule has 2 aliphatic rings. The van der Waals surface area contributed by atoms with Gasteiger partial charge < -0.3 is 10.6 Å². The van der Waals surface area contributed by atoms with E-state index in [1.807, 2.05) is 5.51 Å². The van der Waals surface area contributed by atoms with Gasteiger partial charge in [0, 0.05) is 24.0 Å². The van der Waals surface area contributed by atoms with Crippen molar-refractivity contribution < 1.29 is 0 Å². The van der Waals surface area contributed by atoms with Crippen molar-refractivity contribution in [3.8, 4) is 0 Å². The number of hydrogen-bond acceptors (Lipinski definition) is 4. The van der Waals surface area contributed by atoms with Crippen LogP contribution in [0, 0.1) is 5.92 Å². The van der Waals surface area contributed by atoms with Crippen molar-refractivity contribution in [1.82, 2.24) is 15.6 Å². The summed E-state index contributed by atoms with van der Waals surface area (Å²) in [6.45, 7) is 2.07. The molecule has 94 valence electrons. The molecule has 0 saturated carbocycles. The zero-order valence-corrected chi connectivity index (χ0v) is 11.0. The van der Waals surface area contributed by atoms with Crippen molar-refractivity contribution in [3.05, 3.63) is 16.6 Å². The van der Waals surface area contributed by atoms with Gasteiger partial charge in [0.25, 0.3) is 0 Å². The Labute approximate surface area is 107 Å². The molecule has 2 saturated heterocycles. The number of hydrogen-bond donors (Lipinski definition) is 2. The van der Waals surface area contributed by atoms with Gasteiger partial charge in [0.1, 0.15) is 0 Å². The lowest BCUT2D eigenvalue weighted by atomic mass is 9.90. The van der Waals surface area contributed by atoms with Crippen LogP contribution >= 0.6 is 11.3 Å². The summed E-state index contributed by atoms with van der Waals surface area (Å²) in [5.74, 6) is 0.941. The summed E-state index contributed by atoms with van der Waals surface area (Å²) < 4.78 is 0. The first kappa shape index (κ1) is 11.6. The van der Waals surface area contributed by atoms with Crippen LogP contribution in [0.4, 0.5) is 0 Å². The lowest BCUT2D eigenvalue weighted by Crippen LogP contribution is -2.38. The van der Waals surface area contributed by atoms with Crippen molar-refractivity contribution in [2.45, 2.75) is 50.7 Å². The Morgan fingerprint density at radius 2 is 2.18 bits per heavy atom. The van der Waals surface area contributed by atoms with Crippen LogP contribution < -0.4 is 10.6 Å². The molecule has 2 fully saturated rings. The molecule has 4 heteroatoms. The number of piperidine rings is 1. The van der Waals surface area contributed by atoms with Crippen molar-refractivity contribution in [1.29, 1.82) is 0 Å². The quantitative estimate of drug-likeness (QED) is 0.787. The highest BCUT2D eigenvalue weighted by Crippen LogP contribution is 2.32. The first-order valence-electron chi connectivity index (χ1n) is 6.74. The minimum Gasteiger partial charge on any atom is -0.311 e. The Morgan fingerprint density at radius 3 is 2.88 bits per heavy atom. The van der Waals surface area contributed by atoms with Crippen LogP contribution in [-0.2, 0) is 6.54 Å². The van der Waals surface area contributed by atoms with E-state index in [1.54, 1.807) is 11.3 Å². The molecular formula is C13H21N3S. The van der Waals surface area contributed by atoms with E-state index in [1.165, 1.54) is 37.8 Å². The van der Waals surface area contributed by atoms with Crippen LogP contribution in [0.2, 0.25) is 0 Å². The first-order chi connectivity index (χ1) is 8.40. The fourth-order valence-corrected chi connectivity index (χ4v) is 3.82. The van der Waals surface area contributed by atoms with E-state index in [9.17, 15) is 0 Å². The molecule has 1 aromatic heterocycles. The van der Waals surface area contributed by atoms with Crippen LogP contribution in [0.3, 0.4) is 0 Å². The van der Waals surface area contributed by atoms with Gasteiger partial charge in [0.2, 0.25) is 0 Å². The molecule has 17 heavy (non-hydrogen) atoms. The Hall–Kier alpha value is -0.450. The van der Waals surface area contributed by atoms with Gasteiger partial charge in [0.15, 0.2) is 0 Å². The summed E-state index contributed by atoms with van der Waals surface area (Å²) in [6.07, 6.45) is 6.95. The van der Waals surface area contributed by atoms with Gasteiger partial charge in [-0.15, -0.1) is 11.3 Å². The molecule has 0 amide bonds. The highest BCUT2D eigenvalue weighted by atomic mass is 32.1. The molecule has 0 spiro atoms. The summed E-state index contributed by atoms with van der Waals surface area (Å²) in [6, 6.07) is 1.66. The maximum atomic E-state index is 4.28. The number of nitrogens with one attached hydrogen (secondary N) is 2. The van der Waals surface area contributed by atoms with Gasteiger partial charge in [-0.2, -0.15) is 0 Å². The monoisotopic (exact) mass is 251 g/mol. The minimum atomic E-state index is 0.831. The third-order valence-corrected chi connectivity index (χ3v) is 4.72. The fraction of sp³-hybridized carbons (Fsp3) is 0.769. The lowest BCUT2D eigenvalue weighted by Gasteiger charge is -2.29. The molecule has 2 bridgehead atoms. The van der Waals surface area contributed by atoms with Gasteiger partial charge in [0.05, 0.1) is 11.2 Å². The maximum Gasteiger partial charge on any atom is 0.0795 e. The SMILES string of the molecule is c1nc(CNCCC2CC3CCC(C2)N3)cs1. The van der Waals surface area contributed by atoms with E-state index in [2.05, 4.69) is 21.0 Å². The average Bonchev–Trinajstić information content (AvgIpc) is 2.95. The number of thiazole rings is 1. The van der Waals surface area contributed by atoms with Crippen LogP contribution in [0.15, 0.2) is 10.9 Å². The number of aromatic nitrogens is 1. The van der Waals surface area contributed by atoms with Gasteiger partial charge in [-0.1, -0.05) is 0 Å². The standard InChI is InChI=1S/C13H21N3S/c1-2-12-6-10(5-11(1)16-12)3-4-14-7-13-8-17-9-15-13/h8-12,14,16H,1-7H2. The molecule has 2 aliphatic heterocycles. The molecule has 0 aromatic carbocycles. The van der Waals surface area contributed by atoms with Gasteiger partial charge in [-0.25, -0.2) is 4.98 Å². The zero-order chi connectivity index (χ0) is 11.5. The van der Waals surface area contributed by atoms with Crippen LogP contribution in [0.25, 0.3) is 0 Å². The Kier molecular flexibility index (Phi) is 3.74. The summed E-state index contributed by atoms with van der Waals surface area (Å²) in [4.78, 5) is 4.28. The molecule has 2 N–H and O–H groups in total. The third kappa shape index (κ3) is 3.06. The van der Waals surface area contributed by atoms with E-state index >= 15 is 0 Å². The van der Waals surface area contributed by atoms with E-state index in [0.29, 0.717) is 0 Å². The molecule has 0 aliphatic carbocycles. The van der Waals surface area contributed by atoms with Crippen LogP contribution in [-0.4, -0.2) is 23.6 Å². The number of nitrogens with zero attached hydrogens (tertiary/aromatic N) is 1. The van der Waals surface area contributed by atoms with Gasteiger partial charge >= 0.3 is 0 Å². The Balaban J connectivity index is 1.34. The second-order valence-corrected chi connectivity index (χ2v) is 6.14. The molecule has 0 radical (unpaired) electrons. The fourth-order valence-electron chi connectivity index (χ4n) is 3.26. The highest BCUT2D eigenvalue weighted by molar-refractivity contribution is 7.07. The molecule has 1 aromatic rings. The predicted octanol–water partition coefficient (Wildman–Crippen LogP) is 2.15. The molecule has 3 heterocycles. The summed E-state index contributed by atoms with van der Waals surface area (Å²) in [5, 5.41) is 9.34. The smallest absolute Gasteiger partial charge is 0.0795 e. The van der Waals surface area contributed by atoms with Crippen molar-refractivity contribution >= 4 is 11.3 Å². The largest absolute Gasteiger partial charge is 0.311 e. The molecule has 3 rings (SSSR count).